The first-order valence-corrected chi connectivity index (χ1v) is 9.51. The van der Waals surface area contributed by atoms with Gasteiger partial charge in [0.2, 0.25) is 5.88 Å². The fourth-order valence-corrected chi connectivity index (χ4v) is 2.85. The Morgan fingerprint density at radius 2 is 2.16 bits per heavy atom. The van der Waals surface area contributed by atoms with Gasteiger partial charge in [0.15, 0.2) is 6.61 Å². The highest BCUT2D eigenvalue weighted by atomic mass is 19.3. The number of carbonyl (C=O) groups excluding carboxylic acids is 1. The van der Waals surface area contributed by atoms with Crippen molar-refractivity contribution in [3.8, 4) is 5.88 Å². The van der Waals surface area contributed by atoms with Gasteiger partial charge in [-0.3, -0.25) is 14.5 Å². The van der Waals surface area contributed by atoms with E-state index < -0.39 is 31.1 Å². The van der Waals surface area contributed by atoms with E-state index in [1.165, 1.54) is 12.4 Å². The van der Waals surface area contributed by atoms with Crippen molar-refractivity contribution in [3.63, 3.8) is 0 Å². The third-order valence-corrected chi connectivity index (χ3v) is 4.30. The molecule has 31 heavy (non-hydrogen) atoms. The minimum atomic E-state index is -2.95. The molecule has 3 aromatic rings. The van der Waals surface area contributed by atoms with Crippen LogP contribution in [0, 0.1) is 6.92 Å². The predicted octanol–water partition coefficient (Wildman–Crippen LogP) is 1.30. The Balaban J connectivity index is 1.75. The number of alkyl halides is 2. The summed E-state index contributed by atoms with van der Waals surface area (Å²) < 4.78 is 32.7. The third-order valence-electron chi connectivity index (χ3n) is 4.30. The minimum Gasteiger partial charge on any atom is -0.471 e. The smallest absolute Gasteiger partial charge is 0.278 e. The van der Waals surface area contributed by atoms with Crippen molar-refractivity contribution in [2.75, 3.05) is 19.8 Å². The van der Waals surface area contributed by atoms with Gasteiger partial charge >= 0.3 is 0 Å². The Bertz CT molecular complexity index is 1070. The van der Waals surface area contributed by atoms with Gasteiger partial charge in [0.05, 0.1) is 30.2 Å². The van der Waals surface area contributed by atoms with Crippen LogP contribution in [-0.4, -0.2) is 67.7 Å². The largest absolute Gasteiger partial charge is 0.471 e. The highest BCUT2D eigenvalue weighted by Crippen LogP contribution is 2.21. The molecule has 1 atom stereocenters. The maximum Gasteiger partial charge on any atom is 0.278 e. The van der Waals surface area contributed by atoms with E-state index in [9.17, 15) is 18.7 Å². The molecule has 0 aromatic carbocycles. The number of aliphatic hydroxyl groups is 2. The van der Waals surface area contributed by atoms with Crippen molar-refractivity contribution in [1.29, 1.82) is 0 Å². The second kappa shape index (κ2) is 9.31. The van der Waals surface area contributed by atoms with Crippen LogP contribution in [0.2, 0.25) is 0 Å². The van der Waals surface area contributed by atoms with E-state index in [0.29, 0.717) is 23.0 Å². The Labute approximate surface area is 176 Å². The van der Waals surface area contributed by atoms with Gasteiger partial charge in [0.1, 0.15) is 5.69 Å². The summed E-state index contributed by atoms with van der Waals surface area (Å²) in [5.74, 6) is -3.30. The van der Waals surface area contributed by atoms with Gasteiger partial charge in [-0.1, -0.05) is 0 Å². The summed E-state index contributed by atoms with van der Waals surface area (Å²) in [6, 6.07) is 3.43. The normalized spacial score (nSPS) is 12.7. The highest BCUT2D eigenvalue weighted by Gasteiger charge is 2.23. The van der Waals surface area contributed by atoms with E-state index in [4.69, 9.17) is 9.84 Å². The summed E-state index contributed by atoms with van der Waals surface area (Å²) in [7, 11) is 0. The second-order valence-corrected chi connectivity index (χ2v) is 7.29. The maximum atomic E-state index is 13.0. The molecular formula is C20H23F2N5O4. The molecule has 9 nitrogen and oxygen atoms in total. The summed E-state index contributed by atoms with van der Waals surface area (Å²) in [5.41, 5.74) is 2.08. The van der Waals surface area contributed by atoms with Crippen molar-refractivity contribution in [3.05, 3.63) is 47.5 Å². The molecule has 166 valence electrons. The fourth-order valence-electron chi connectivity index (χ4n) is 2.85. The number of carbonyl (C=O) groups is 1. The number of halogens is 2. The molecule has 3 heterocycles. The number of fused-ring (bicyclic) bond motifs is 1. The van der Waals surface area contributed by atoms with E-state index in [0.717, 1.165) is 12.5 Å². The monoisotopic (exact) mass is 435 g/mol. The van der Waals surface area contributed by atoms with Crippen LogP contribution in [0.4, 0.5) is 8.78 Å². The van der Waals surface area contributed by atoms with Gasteiger partial charge in [-0.25, -0.2) is 13.8 Å². The van der Waals surface area contributed by atoms with Crippen LogP contribution in [0.25, 0.3) is 10.9 Å². The van der Waals surface area contributed by atoms with Gasteiger partial charge in [0.25, 0.3) is 11.8 Å². The summed E-state index contributed by atoms with van der Waals surface area (Å²) in [6.07, 6.45) is 3.58. The standard InChI is InChI=1S/C20H23F2N5O4/c1-12-5-13(6-25-19(12)31-11-20(2,21)22)8-27-9-15-16(26-27)3-4-23-17(15)18(30)24-7-14(29)10-28/h3-6,9,14,28-29H,7-8,10-11H2,1-2H3,(H,24,30). The molecule has 0 aliphatic heterocycles. The Morgan fingerprint density at radius 3 is 2.84 bits per heavy atom. The Morgan fingerprint density at radius 1 is 1.39 bits per heavy atom. The zero-order valence-electron chi connectivity index (χ0n) is 17.0. The van der Waals surface area contributed by atoms with Crippen LogP contribution in [0.15, 0.2) is 30.7 Å². The minimum absolute atomic E-state index is 0.106. The van der Waals surface area contributed by atoms with Gasteiger partial charge < -0.3 is 20.3 Å². The first kappa shape index (κ1) is 22.5. The summed E-state index contributed by atoms with van der Waals surface area (Å²) >= 11 is 0. The number of hydrogen-bond donors (Lipinski definition) is 3. The van der Waals surface area contributed by atoms with Crippen LogP contribution in [0.1, 0.15) is 28.5 Å². The summed E-state index contributed by atoms with van der Waals surface area (Å²) in [5, 5.41) is 25.7. The lowest BCUT2D eigenvalue weighted by Gasteiger charge is -2.13. The van der Waals surface area contributed by atoms with Crippen LogP contribution in [-0.2, 0) is 6.54 Å². The molecule has 0 saturated heterocycles. The Kier molecular flexibility index (Phi) is 6.76. The molecule has 0 fully saturated rings. The summed E-state index contributed by atoms with van der Waals surface area (Å²) in [6.45, 7) is 1.50. The molecule has 0 bridgehead atoms. The lowest BCUT2D eigenvalue weighted by atomic mass is 10.2. The van der Waals surface area contributed by atoms with Crippen molar-refractivity contribution in [2.45, 2.75) is 32.4 Å². The number of amides is 1. The van der Waals surface area contributed by atoms with Crippen molar-refractivity contribution in [1.82, 2.24) is 25.1 Å². The average Bonchev–Trinajstić information content (AvgIpc) is 3.12. The summed E-state index contributed by atoms with van der Waals surface area (Å²) in [4.78, 5) is 20.6. The lowest BCUT2D eigenvalue weighted by molar-refractivity contribution is -0.0244. The number of nitrogens with one attached hydrogen (secondary N) is 1. The molecule has 3 rings (SSSR count). The number of nitrogens with zero attached hydrogens (tertiary/aromatic N) is 4. The van der Waals surface area contributed by atoms with Crippen molar-refractivity contribution >= 4 is 16.8 Å². The molecule has 0 aliphatic carbocycles. The van der Waals surface area contributed by atoms with Gasteiger partial charge in [-0.15, -0.1) is 0 Å². The lowest BCUT2D eigenvalue weighted by Crippen LogP contribution is -2.34. The quantitative estimate of drug-likeness (QED) is 0.463. The van der Waals surface area contributed by atoms with Crippen molar-refractivity contribution < 1.29 is 28.5 Å². The van der Waals surface area contributed by atoms with Gasteiger partial charge in [-0.05, 0) is 24.6 Å². The molecular weight excluding hydrogens is 412 g/mol. The first-order valence-electron chi connectivity index (χ1n) is 9.51. The fraction of sp³-hybridized carbons (Fsp3) is 0.400. The number of aromatic nitrogens is 4. The van der Waals surface area contributed by atoms with Gasteiger partial charge in [-0.2, -0.15) is 5.10 Å². The molecule has 3 aromatic heterocycles. The van der Waals surface area contributed by atoms with Gasteiger partial charge in [0, 0.05) is 37.6 Å². The zero-order valence-corrected chi connectivity index (χ0v) is 17.0. The molecule has 1 amide bonds. The third kappa shape index (κ3) is 5.92. The van der Waals surface area contributed by atoms with Crippen LogP contribution >= 0.6 is 0 Å². The molecule has 0 radical (unpaired) electrons. The van der Waals surface area contributed by atoms with E-state index in [-0.39, 0.29) is 18.1 Å². The average molecular weight is 435 g/mol. The molecule has 0 spiro atoms. The van der Waals surface area contributed by atoms with E-state index in [2.05, 4.69) is 20.4 Å². The van der Waals surface area contributed by atoms with E-state index >= 15 is 0 Å². The van der Waals surface area contributed by atoms with Crippen LogP contribution in [0.5, 0.6) is 5.88 Å². The zero-order chi connectivity index (χ0) is 22.6. The number of aryl methyl sites for hydroxylation is 1. The molecule has 0 saturated carbocycles. The van der Waals surface area contributed by atoms with Crippen LogP contribution in [0.3, 0.4) is 0 Å². The number of hydrogen-bond acceptors (Lipinski definition) is 7. The number of pyridine rings is 2. The molecule has 0 aliphatic rings. The number of ether oxygens (including phenoxy) is 1. The highest BCUT2D eigenvalue weighted by molar-refractivity contribution is 6.04. The topological polar surface area (TPSA) is 122 Å². The molecule has 11 heteroatoms. The predicted molar refractivity (Wildman–Crippen MR) is 107 cm³/mol. The Hall–Kier alpha value is -3.18. The SMILES string of the molecule is Cc1cc(Cn2cc3c(C(=O)NCC(O)CO)nccc3n2)cnc1OCC(C)(F)F. The van der Waals surface area contributed by atoms with E-state index in [1.54, 1.807) is 29.9 Å². The number of aliphatic hydroxyl groups excluding tert-OH is 2. The first-order chi connectivity index (χ1) is 14.7. The maximum absolute atomic E-state index is 13.0. The number of rotatable bonds is 9. The van der Waals surface area contributed by atoms with Crippen molar-refractivity contribution in [2.24, 2.45) is 0 Å². The molecule has 1 unspecified atom stereocenters. The molecule has 3 N–H and O–H groups in total. The second-order valence-electron chi connectivity index (χ2n) is 7.29. The van der Waals surface area contributed by atoms with Crippen LogP contribution < -0.4 is 10.1 Å². The van der Waals surface area contributed by atoms with E-state index in [1.807, 2.05) is 0 Å².